The number of hydrogen-bond donors (Lipinski definition) is 1. The molecule has 4 heteroatoms. The lowest BCUT2D eigenvalue weighted by atomic mass is 9.71. The Hall–Kier alpha value is -1.29. The van der Waals surface area contributed by atoms with Gasteiger partial charge in [0.15, 0.2) is 5.75 Å². The van der Waals surface area contributed by atoms with Crippen molar-refractivity contribution in [1.82, 2.24) is 4.98 Å². The fourth-order valence-electron chi connectivity index (χ4n) is 3.54. The summed E-state index contributed by atoms with van der Waals surface area (Å²) in [6, 6.07) is 2.54. The molecule has 0 bridgehead atoms. The van der Waals surface area contributed by atoms with E-state index in [0.717, 1.165) is 23.0 Å². The molecular formula is C20H34N2O2. The second kappa shape index (κ2) is 8.70. The molecule has 4 nitrogen and oxygen atoms in total. The Kier molecular flexibility index (Phi) is 6.90. The minimum atomic E-state index is 0.419. The van der Waals surface area contributed by atoms with Gasteiger partial charge < -0.3 is 14.8 Å². The van der Waals surface area contributed by atoms with Crippen LogP contribution in [0.25, 0.3) is 0 Å². The van der Waals surface area contributed by atoms with Gasteiger partial charge in [0.05, 0.1) is 18.9 Å². The van der Waals surface area contributed by atoms with E-state index in [4.69, 9.17) is 9.47 Å². The standard InChI is InChI=1S/C20H34N2O2/c1-6-23-14-18-19(24-7-2)17(12-13-21-18)22-16-10-8-15(9-11-16)20(3,4)5/h12-13,15-16H,6-11,14H2,1-5H3,(H,21,22)/t15-,16+. The van der Waals surface area contributed by atoms with Crippen LogP contribution in [0.5, 0.6) is 5.75 Å². The number of nitrogens with one attached hydrogen (secondary N) is 1. The predicted molar refractivity (Wildman–Crippen MR) is 99.6 cm³/mol. The first-order valence-electron chi connectivity index (χ1n) is 9.40. The number of aromatic nitrogens is 1. The lowest BCUT2D eigenvalue weighted by molar-refractivity contribution is 0.128. The quantitative estimate of drug-likeness (QED) is 0.759. The predicted octanol–water partition coefficient (Wildman–Crippen LogP) is 5.03. The average molecular weight is 335 g/mol. The molecule has 0 unspecified atom stereocenters. The van der Waals surface area contributed by atoms with E-state index in [2.05, 4.69) is 31.1 Å². The second-order valence-corrected chi connectivity index (χ2v) is 7.76. The van der Waals surface area contributed by atoms with Gasteiger partial charge in [0.25, 0.3) is 0 Å². The topological polar surface area (TPSA) is 43.4 Å². The molecule has 0 aliphatic heterocycles. The summed E-state index contributed by atoms with van der Waals surface area (Å²) in [4.78, 5) is 4.44. The SMILES string of the molecule is CCOCc1nccc(N[C@H]2CC[C@@H](C(C)(C)C)CC2)c1OCC. The molecule has 136 valence electrons. The molecule has 0 amide bonds. The molecule has 0 spiro atoms. The van der Waals surface area contributed by atoms with Crippen molar-refractivity contribution in [1.29, 1.82) is 0 Å². The molecule has 1 fully saturated rings. The van der Waals surface area contributed by atoms with E-state index in [9.17, 15) is 0 Å². The van der Waals surface area contributed by atoms with Crippen LogP contribution in [-0.2, 0) is 11.3 Å². The molecule has 1 aromatic rings. The summed E-state index contributed by atoms with van der Waals surface area (Å²) in [5.41, 5.74) is 2.36. The number of pyridine rings is 1. The van der Waals surface area contributed by atoms with Gasteiger partial charge in [-0.3, -0.25) is 4.98 Å². The van der Waals surface area contributed by atoms with Gasteiger partial charge in [-0.1, -0.05) is 20.8 Å². The molecule has 0 atom stereocenters. The lowest BCUT2D eigenvalue weighted by Crippen LogP contribution is -2.31. The lowest BCUT2D eigenvalue weighted by Gasteiger charge is -2.37. The third kappa shape index (κ3) is 5.10. The third-order valence-corrected chi connectivity index (χ3v) is 5.02. The zero-order chi connectivity index (χ0) is 17.6. The molecular weight excluding hydrogens is 300 g/mol. The summed E-state index contributed by atoms with van der Waals surface area (Å²) in [6.45, 7) is 12.9. The van der Waals surface area contributed by atoms with E-state index >= 15 is 0 Å². The van der Waals surface area contributed by atoms with Crippen molar-refractivity contribution in [3.63, 3.8) is 0 Å². The second-order valence-electron chi connectivity index (χ2n) is 7.76. The summed E-state index contributed by atoms with van der Waals surface area (Å²) in [5, 5.41) is 3.70. The molecule has 0 aromatic carbocycles. The van der Waals surface area contributed by atoms with Gasteiger partial charge in [0.2, 0.25) is 0 Å². The van der Waals surface area contributed by atoms with Gasteiger partial charge in [0.1, 0.15) is 5.69 Å². The largest absolute Gasteiger partial charge is 0.490 e. The van der Waals surface area contributed by atoms with Crippen LogP contribution in [-0.4, -0.2) is 24.2 Å². The number of anilines is 1. The summed E-state index contributed by atoms with van der Waals surface area (Å²) < 4.78 is 11.4. The van der Waals surface area contributed by atoms with Gasteiger partial charge >= 0.3 is 0 Å². The Balaban J connectivity index is 2.04. The highest BCUT2D eigenvalue weighted by Crippen LogP contribution is 2.39. The van der Waals surface area contributed by atoms with Gasteiger partial charge in [-0.05, 0) is 56.9 Å². The summed E-state index contributed by atoms with van der Waals surface area (Å²) in [6.07, 6.45) is 6.87. The van der Waals surface area contributed by atoms with Crippen LogP contribution in [0.1, 0.15) is 66.0 Å². The van der Waals surface area contributed by atoms with Crippen LogP contribution in [0.2, 0.25) is 0 Å². The summed E-state index contributed by atoms with van der Waals surface area (Å²) >= 11 is 0. The highest BCUT2D eigenvalue weighted by molar-refractivity contribution is 5.58. The van der Waals surface area contributed by atoms with Crippen LogP contribution in [0.15, 0.2) is 12.3 Å². The molecule has 1 N–H and O–H groups in total. The number of rotatable bonds is 7. The monoisotopic (exact) mass is 334 g/mol. The first-order chi connectivity index (χ1) is 11.5. The van der Waals surface area contributed by atoms with E-state index < -0.39 is 0 Å². The zero-order valence-electron chi connectivity index (χ0n) is 16.0. The number of hydrogen-bond acceptors (Lipinski definition) is 4. The molecule has 24 heavy (non-hydrogen) atoms. The first-order valence-corrected chi connectivity index (χ1v) is 9.40. The molecule has 1 saturated carbocycles. The van der Waals surface area contributed by atoms with Crippen molar-refractivity contribution in [3.8, 4) is 5.75 Å². The van der Waals surface area contributed by atoms with Crippen LogP contribution in [0.4, 0.5) is 5.69 Å². The summed E-state index contributed by atoms with van der Waals surface area (Å²) in [7, 11) is 0. The Bertz CT molecular complexity index is 503. The highest BCUT2D eigenvalue weighted by Gasteiger charge is 2.30. The normalized spacial score (nSPS) is 21.5. The molecule has 0 saturated heterocycles. The summed E-state index contributed by atoms with van der Waals surface area (Å²) in [5.74, 6) is 1.68. The van der Waals surface area contributed by atoms with Gasteiger partial charge in [-0.25, -0.2) is 0 Å². The average Bonchev–Trinajstić information content (AvgIpc) is 2.55. The Morgan fingerprint density at radius 3 is 2.42 bits per heavy atom. The van der Waals surface area contributed by atoms with Crippen LogP contribution in [0, 0.1) is 11.3 Å². The number of nitrogens with zero attached hydrogens (tertiary/aromatic N) is 1. The molecule has 0 radical (unpaired) electrons. The number of ether oxygens (including phenoxy) is 2. The fraction of sp³-hybridized carbons (Fsp3) is 0.750. The van der Waals surface area contributed by atoms with Crippen molar-refractivity contribution in [3.05, 3.63) is 18.0 Å². The maximum atomic E-state index is 5.88. The van der Waals surface area contributed by atoms with E-state index in [1.807, 2.05) is 26.1 Å². The third-order valence-electron chi connectivity index (χ3n) is 5.02. The maximum Gasteiger partial charge on any atom is 0.166 e. The Morgan fingerprint density at radius 1 is 1.12 bits per heavy atom. The van der Waals surface area contributed by atoms with Gasteiger partial charge in [-0.15, -0.1) is 0 Å². The van der Waals surface area contributed by atoms with E-state index in [-0.39, 0.29) is 0 Å². The van der Waals surface area contributed by atoms with Crippen molar-refractivity contribution >= 4 is 5.69 Å². The van der Waals surface area contributed by atoms with E-state index in [0.29, 0.717) is 31.3 Å². The molecule has 1 aliphatic rings. The molecule has 1 aromatic heterocycles. The van der Waals surface area contributed by atoms with Crippen molar-refractivity contribution in [2.45, 2.75) is 73.0 Å². The minimum Gasteiger partial charge on any atom is -0.490 e. The first kappa shape index (κ1) is 19.0. The van der Waals surface area contributed by atoms with E-state index in [1.54, 1.807) is 0 Å². The molecule has 1 aliphatic carbocycles. The minimum absolute atomic E-state index is 0.419. The van der Waals surface area contributed by atoms with Crippen LogP contribution < -0.4 is 10.1 Å². The van der Waals surface area contributed by atoms with Crippen LogP contribution >= 0.6 is 0 Å². The van der Waals surface area contributed by atoms with Crippen molar-refractivity contribution in [2.24, 2.45) is 11.3 Å². The maximum absolute atomic E-state index is 5.88. The Morgan fingerprint density at radius 2 is 1.83 bits per heavy atom. The van der Waals surface area contributed by atoms with Crippen molar-refractivity contribution < 1.29 is 9.47 Å². The van der Waals surface area contributed by atoms with Gasteiger partial charge in [0, 0.05) is 18.8 Å². The fourth-order valence-corrected chi connectivity index (χ4v) is 3.54. The molecule has 1 heterocycles. The van der Waals surface area contributed by atoms with Crippen molar-refractivity contribution in [2.75, 3.05) is 18.5 Å². The van der Waals surface area contributed by atoms with Crippen LogP contribution in [0.3, 0.4) is 0 Å². The van der Waals surface area contributed by atoms with E-state index in [1.165, 1.54) is 25.7 Å². The van der Waals surface area contributed by atoms with Gasteiger partial charge in [-0.2, -0.15) is 0 Å². The molecule has 2 rings (SSSR count). The zero-order valence-corrected chi connectivity index (χ0v) is 16.0. The highest BCUT2D eigenvalue weighted by atomic mass is 16.5. The Labute approximate surface area is 147 Å². The smallest absolute Gasteiger partial charge is 0.166 e.